The summed E-state index contributed by atoms with van der Waals surface area (Å²) in [4.78, 5) is 24.1. The molecule has 0 unspecified atom stereocenters. The fourth-order valence-electron chi connectivity index (χ4n) is 2.16. The van der Waals surface area contributed by atoms with E-state index in [1.54, 1.807) is 43.5 Å². The molecule has 0 heterocycles. The van der Waals surface area contributed by atoms with Crippen molar-refractivity contribution in [2.45, 2.75) is 18.4 Å². The van der Waals surface area contributed by atoms with Crippen molar-refractivity contribution in [3.8, 4) is 5.75 Å². The van der Waals surface area contributed by atoms with Crippen LogP contribution in [0, 0.1) is 0 Å². The molecule has 23 heavy (non-hydrogen) atoms. The van der Waals surface area contributed by atoms with E-state index in [0.717, 1.165) is 0 Å². The maximum absolute atomic E-state index is 12.7. The Kier molecular flexibility index (Phi) is 5.77. The van der Waals surface area contributed by atoms with Crippen molar-refractivity contribution >= 4 is 23.4 Å². The molecule has 0 N–H and O–H groups in total. The van der Waals surface area contributed by atoms with Crippen molar-refractivity contribution in [1.29, 1.82) is 0 Å². The average molecular weight is 333 g/mol. The van der Waals surface area contributed by atoms with Crippen LogP contribution in [-0.4, -0.2) is 25.0 Å². The van der Waals surface area contributed by atoms with E-state index in [9.17, 15) is 9.59 Å². The van der Waals surface area contributed by atoms with E-state index in [1.165, 1.54) is 6.92 Å². The van der Waals surface area contributed by atoms with E-state index < -0.39 is 17.5 Å². The van der Waals surface area contributed by atoms with Gasteiger partial charge in [-0.15, -0.1) is 11.6 Å². The molecule has 0 spiro atoms. The molecule has 0 bridgehead atoms. The monoisotopic (exact) mass is 332 g/mol. The molecule has 0 aromatic heterocycles. The fraction of sp³-hybridized carbons (Fsp3) is 0.222. The van der Waals surface area contributed by atoms with Crippen LogP contribution in [-0.2, 0) is 9.53 Å². The van der Waals surface area contributed by atoms with E-state index in [-0.39, 0.29) is 5.78 Å². The number of hydrogen-bond donors (Lipinski definition) is 0. The van der Waals surface area contributed by atoms with E-state index >= 15 is 0 Å². The standard InChI is InChI=1S/C18H17ClO4/c1-12(20)23-18(16(19)13-6-4-3-5-7-13)17(21)14-8-10-15(22-2)11-9-14/h3-11,16,18H,1-2H3/t16-,18-/m1/s1. The molecule has 0 radical (unpaired) electrons. The maximum Gasteiger partial charge on any atom is 0.303 e. The first-order valence-electron chi connectivity index (χ1n) is 7.07. The molecule has 120 valence electrons. The number of halogens is 1. The van der Waals surface area contributed by atoms with Gasteiger partial charge in [-0.2, -0.15) is 0 Å². The average Bonchev–Trinajstić information content (AvgIpc) is 2.59. The van der Waals surface area contributed by atoms with Crippen molar-refractivity contribution in [1.82, 2.24) is 0 Å². The number of rotatable bonds is 6. The van der Waals surface area contributed by atoms with Crippen LogP contribution in [0.1, 0.15) is 28.2 Å². The lowest BCUT2D eigenvalue weighted by molar-refractivity contribution is -0.144. The third-order valence-electron chi connectivity index (χ3n) is 3.31. The van der Waals surface area contributed by atoms with Gasteiger partial charge in [0.25, 0.3) is 0 Å². The summed E-state index contributed by atoms with van der Waals surface area (Å²) in [7, 11) is 1.54. The van der Waals surface area contributed by atoms with Gasteiger partial charge in [-0.25, -0.2) is 0 Å². The van der Waals surface area contributed by atoms with Crippen molar-refractivity contribution < 1.29 is 19.1 Å². The number of benzene rings is 2. The quantitative estimate of drug-likeness (QED) is 0.459. The largest absolute Gasteiger partial charge is 0.497 e. The number of ether oxygens (including phenoxy) is 2. The first-order valence-corrected chi connectivity index (χ1v) is 7.51. The third-order valence-corrected chi connectivity index (χ3v) is 3.79. The molecule has 0 fully saturated rings. The number of carbonyl (C=O) groups is 2. The highest BCUT2D eigenvalue weighted by molar-refractivity contribution is 6.23. The van der Waals surface area contributed by atoms with Crippen molar-refractivity contribution in [2.75, 3.05) is 7.11 Å². The highest BCUT2D eigenvalue weighted by Gasteiger charge is 2.31. The number of ketones is 1. The number of esters is 1. The Morgan fingerprint density at radius 1 is 1.00 bits per heavy atom. The second kappa shape index (κ2) is 7.79. The van der Waals surface area contributed by atoms with Crippen LogP contribution in [0.5, 0.6) is 5.75 Å². The summed E-state index contributed by atoms with van der Waals surface area (Å²) in [6, 6.07) is 15.6. The summed E-state index contributed by atoms with van der Waals surface area (Å²) in [5.41, 5.74) is 1.11. The van der Waals surface area contributed by atoms with Gasteiger partial charge in [0.15, 0.2) is 6.10 Å². The van der Waals surface area contributed by atoms with Gasteiger partial charge in [-0.3, -0.25) is 9.59 Å². The number of hydrogen-bond acceptors (Lipinski definition) is 4. The topological polar surface area (TPSA) is 52.6 Å². The first-order chi connectivity index (χ1) is 11.0. The fourth-order valence-corrected chi connectivity index (χ4v) is 2.47. The zero-order chi connectivity index (χ0) is 16.8. The molecule has 0 aliphatic heterocycles. The minimum absolute atomic E-state index is 0.355. The molecule has 0 amide bonds. The molecule has 2 aromatic carbocycles. The van der Waals surface area contributed by atoms with Gasteiger partial charge < -0.3 is 9.47 Å². The molecule has 4 nitrogen and oxygen atoms in total. The molecular formula is C18H17ClO4. The minimum Gasteiger partial charge on any atom is -0.497 e. The van der Waals surface area contributed by atoms with Gasteiger partial charge in [0.2, 0.25) is 5.78 Å². The summed E-state index contributed by atoms with van der Waals surface area (Å²) >= 11 is 6.40. The summed E-state index contributed by atoms with van der Waals surface area (Å²) in [6.07, 6.45) is -1.09. The Hall–Kier alpha value is -2.33. The Balaban J connectivity index is 2.29. The summed E-state index contributed by atoms with van der Waals surface area (Å²) in [6.45, 7) is 1.25. The molecule has 0 saturated carbocycles. The van der Waals surface area contributed by atoms with Gasteiger partial charge in [0.1, 0.15) is 11.1 Å². The van der Waals surface area contributed by atoms with Gasteiger partial charge in [0.05, 0.1) is 7.11 Å². The predicted octanol–water partition coefficient (Wildman–Crippen LogP) is 3.79. The molecule has 0 aliphatic rings. The molecule has 2 aromatic rings. The Bertz CT molecular complexity index is 667. The molecule has 0 saturated heterocycles. The van der Waals surface area contributed by atoms with Crippen molar-refractivity contribution in [3.63, 3.8) is 0 Å². The van der Waals surface area contributed by atoms with Crippen LogP contribution in [0.4, 0.5) is 0 Å². The number of carbonyl (C=O) groups excluding carboxylic acids is 2. The molecular weight excluding hydrogens is 316 g/mol. The van der Waals surface area contributed by atoms with Crippen LogP contribution in [0.3, 0.4) is 0 Å². The highest BCUT2D eigenvalue weighted by Crippen LogP contribution is 2.29. The van der Waals surface area contributed by atoms with Crippen LogP contribution in [0.25, 0.3) is 0 Å². The van der Waals surface area contributed by atoms with E-state index in [1.807, 2.05) is 18.2 Å². The second-order valence-electron chi connectivity index (χ2n) is 4.94. The normalized spacial score (nSPS) is 13.0. The second-order valence-corrected chi connectivity index (χ2v) is 5.41. The number of methoxy groups -OCH3 is 1. The zero-order valence-corrected chi connectivity index (χ0v) is 13.6. The van der Waals surface area contributed by atoms with Crippen LogP contribution in [0.2, 0.25) is 0 Å². The first kappa shape index (κ1) is 17.0. The molecule has 0 aliphatic carbocycles. The lowest BCUT2D eigenvalue weighted by Gasteiger charge is -2.21. The maximum atomic E-state index is 12.7. The lowest BCUT2D eigenvalue weighted by atomic mass is 9.99. The van der Waals surface area contributed by atoms with Gasteiger partial charge in [0, 0.05) is 12.5 Å². The minimum atomic E-state index is -1.09. The van der Waals surface area contributed by atoms with Crippen molar-refractivity contribution in [3.05, 3.63) is 65.7 Å². The summed E-state index contributed by atoms with van der Waals surface area (Å²) in [5.74, 6) is -0.277. The number of Topliss-reactive ketones (excluding diaryl/α,β-unsaturated/α-hetero) is 1. The highest BCUT2D eigenvalue weighted by atomic mass is 35.5. The molecule has 2 rings (SSSR count). The summed E-state index contributed by atoms with van der Waals surface area (Å²) < 4.78 is 10.3. The van der Waals surface area contributed by atoms with E-state index in [4.69, 9.17) is 21.1 Å². The predicted molar refractivity (Wildman–Crippen MR) is 87.9 cm³/mol. The Morgan fingerprint density at radius 2 is 1.61 bits per heavy atom. The Labute approximate surface area is 140 Å². The third kappa shape index (κ3) is 4.33. The Morgan fingerprint density at radius 3 is 2.13 bits per heavy atom. The zero-order valence-electron chi connectivity index (χ0n) is 12.9. The molecule has 2 atom stereocenters. The van der Waals surface area contributed by atoms with Gasteiger partial charge >= 0.3 is 5.97 Å². The smallest absolute Gasteiger partial charge is 0.303 e. The SMILES string of the molecule is COc1ccc(C(=O)[C@H](OC(C)=O)[C@H](Cl)c2ccccc2)cc1. The lowest BCUT2D eigenvalue weighted by Crippen LogP contribution is -2.30. The van der Waals surface area contributed by atoms with Gasteiger partial charge in [-0.05, 0) is 29.8 Å². The van der Waals surface area contributed by atoms with Gasteiger partial charge in [-0.1, -0.05) is 30.3 Å². The molecule has 5 heteroatoms. The van der Waals surface area contributed by atoms with E-state index in [0.29, 0.717) is 16.9 Å². The van der Waals surface area contributed by atoms with Crippen LogP contribution in [0.15, 0.2) is 54.6 Å². The van der Waals surface area contributed by atoms with Crippen molar-refractivity contribution in [2.24, 2.45) is 0 Å². The van der Waals surface area contributed by atoms with Crippen LogP contribution >= 0.6 is 11.6 Å². The van der Waals surface area contributed by atoms with E-state index in [2.05, 4.69) is 0 Å². The summed E-state index contributed by atoms with van der Waals surface area (Å²) in [5, 5.41) is -0.769. The van der Waals surface area contributed by atoms with Crippen LogP contribution < -0.4 is 4.74 Å². The number of alkyl halides is 1.